The van der Waals surface area contributed by atoms with E-state index < -0.39 is 10.8 Å². The molecule has 1 aromatic carbocycles. The Morgan fingerprint density at radius 2 is 2.30 bits per heavy atom. The second kappa shape index (κ2) is 8.39. The minimum absolute atomic E-state index is 0. The summed E-state index contributed by atoms with van der Waals surface area (Å²) in [4.78, 5) is 12.0. The molecule has 2 unspecified atom stereocenters. The molecule has 0 saturated carbocycles. The first kappa shape index (κ1) is 17.1. The lowest BCUT2D eigenvalue weighted by Crippen LogP contribution is -2.37. The molecule has 1 heterocycles. The van der Waals surface area contributed by atoms with Crippen LogP contribution in [0.4, 0.5) is 0 Å². The summed E-state index contributed by atoms with van der Waals surface area (Å²) in [5.74, 6) is 0.433. The monoisotopic (exact) mass is 316 g/mol. The molecule has 1 aliphatic heterocycles. The first-order chi connectivity index (χ1) is 9.15. The SMILES string of the molecule is CS(=O)Cc1cccc(C(=O)NCC2CCCN2)c1.Cl. The molecule has 1 fully saturated rings. The second-order valence-electron chi connectivity index (χ2n) is 4.92. The van der Waals surface area contributed by atoms with E-state index in [9.17, 15) is 9.00 Å². The van der Waals surface area contributed by atoms with Gasteiger partial charge < -0.3 is 10.6 Å². The van der Waals surface area contributed by atoms with Crippen molar-refractivity contribution in [3.8, 4) is 0 Å². The van der Waals surface area contributed by atoms with E-state index in [-0.39, 0.29) is 18.3 Å². The van der Waals surface area contributed by atoms with Crippen LogP contribution in [0.3, 0.4) is 0 Å². The standard InChI is InChI=1S/C14H20N2O2S.ClH/c1-19(18)10-11-4-2-5-12(8-11)14(17)16-9-13-6-3-7-15-13;/h2,4-5,8,13,15H,3,6-7,9-10H2,1H3,(H,16,17);1H. The Balaban J connectivity index is 0.00000200. The van der Waals surface area contributed by atoms with Crippen molar-refractivity contribution in [2.75, 3.05) is 19.3 Å². The maximum absolute atomic E-state index is 12.0. The third kappa shape index (κ3) is 5.23. The summed E-state index contributed by atoms with van der Waals surface area (Å²) in [5.41, 5.74) is 1.58. The third-order valence-electron chi connectivity index (χ3n) is 3.23. The van der Waals surface area contributed by atoms with E-state index >= 15 is 0 Å². The van der Waals surface area contributed by atoms with Crippen molar-refractivity contribution in [3.05, 3.63) is 35.4 Å². The van der Waals surface area contributed by atoms with Crippen molar-refractivity contribution in [2.24, 2.45) is 0 Å². The Bertz CT molecular complexity index is 476. The molecule has 0 spiro atoms. The van der Waals surface area contributed by atoms with Crippen LogP contribution in [0.1, 0.15) is 28.8 Å². The van der Waals surface area contributed by atoms with E-state index in [1.54, 1.807) is 12.3 Å². The highest BCUT2D eigenvalue weighted by Gasteiger charge is 2.15. The van der Waals surface area contributed by atoms with Gasteiger partial charge in [0, 0.05) is 41.0 Å². The van der Waals surface area contributed by atoms with E-state index in [2.05, 4.69) is 10.6 Å². The van der Waals surface area contributed by atoms with Crippen molar-refractivity contribution in [1.29, 1.82) is 0 Å². The Hall–Kier alpha value is -0.910. The molecule has 0 aliphatic carbocycles. The summed E-state index contributed by atoms with van der Waals surface area (Å²) in [6.07, 6.45) is 3.96. The molecular weight excluding hydrogens is 296 g/mol. The van der Waals surface area contributed by atoms with Gasteiger partial charge in [0.05, 0.1) is 0 Å². The smallest absolute Gasteiger partial charge is 0.251 e. The highest BCUT2D eigenvalue weighted by atomic mass is 35.5. The Morgan fingerprint density at radius 3 is 2.95 bits per heavy atom. The molecule has 1 aromatic rings. The van der Waals surface area contributed by atoms with Gasteiger partial charge >= 0.3 is 0 Å². The number of carbonyl (C=O) groups is 1. The van der Waals surface area contributed by atoms with Crippen molar-refractivity contribution < 1.29 is 9.00 Å². The molecule has 6 heteroatoms. The quantitative estimate of drug-likeness (QED) is 0.865. The average Bonchev–Trinajstić information content (AvgIpc) is 2.88. The van der Waals surface area contributed by atoms with Gasteiger partial charge in [-0.25, -0.2) is 0 Å². The topological polar surface area (TPSA) is 58.2 Å². The number of hydrogen-bond donors (Lipinski definition) is 2. The van der Waals surface area contributed by atoms with Crippen LogP contribution in [-0.4, -0.2) is 35.5 Å². The van der Waals surface area contributed by atoms with E-state index in [4.69, 9.17) is 0 Å². The summed E-state index contributed by atoms with van der Waals surface area (Å²) in [7, 11) is -0.885. The molecule has 112 valence electrons. The van der Waals surface area contributed by atoms with Gasteiger partial charge in [-0.3, -0.25) is 9.00 Å². The highest BCUT2D eigenvalue weighted by Crippen LogP contribution is 2.08. The number of rotatable bonds is 5. The maximum atomic E-state index is 12.0. The third-order valence-corrected chi connectivity index (χ3v) is 3.97. The molecule has 1 saturated heterocycles. The van der Waals surface area contributed by atoms with Crippen molar-refractivity contribution in [3.63, 3.8) is 0 Å². The molecule has 1 amide bonds. The van der Waals surface area contributed by atoms with Crippen LogP contribution in [0.25, 0.3) is 0 Å². The number of amides is 1. The zero-order valence-corrected chi connectivity index (χ0v) is 13.2. The largest absolute Gasteiger partial charge is 0.350 e. The summed E-state index contributed by atoms with van der Waals surface area (Å²) >= 11 is 0. The van der Waals surface area contributed by atoms with Gasteiger partial charge in [-0.1, -0.05) is 12.1 Å². The van der Waals surface area contributed by atoms with E-state index in [1.807, 2.05) is 18.2 Å². The Kier molecular flexibility index (Phi) is 7.19. The first-order valence-corrected chi connectivity index (χ1v) is 8.28. The van der Waals surface area contributed by atoms with Crippen molar-refractivity contribution in [1.82, 2.24) is 10.6 Å². The molecule has 2 N–H and O–H groups in total. The van der Waals surface area contributed by atoms with Gasteiger partial charge in [-0.05, 0) is 37.1 Å². The second-order valence-corrected chi connectivity index (χ2v) is 6.36. The molecular formula is C14H21ClN2O2S. The fraction of sp³-hybridized carbons (Fsp3) is 0.500. The lowest BCUT2D eigenvalue weighted by atomic mass is 10.1. The van der Waals surface area contributed by atoms with Crippen LogP contribution in [0.2, 0.25) is 0 Å². The fourth-order valence-electron chi connectivity index (χ4n) is 2.29. The van der Waals surface area contributed by atoms with Crippen molar-refractivity contribution in [2.45, 2.75) is 24.6 Å². The van der Waals surface area contributed by atoms with Crippen LogP contribution in [0.15, 0.2) is 24.3 Å². The lowest BCUT2D eigenvalue weighted by Gasteiger charge is -2.11. The average molecular weight is 317 g/mol. The molecule has 1 aliphatic rings. The minimum Gasteiger partial charge on any atom is -0.350 e. The zero-order chi connectivity index (χ0) is 13.7. The van der Waals surface area contributed by atoms with Gasteiger partial charge in [0.25, 0.3) is 5.91 Å². The van der Waals surface area contributed by atoms with Crippen LogP contribution in [0.5, 0.6) is 0 Å². The molecule has 0 radical (unpaired) electrons. The molecule has 2 rings (SSSR count). The van der Waals surface area contributed by atoms with Gasteiger partial charge in [-0.2, -0.15) is 0 Å². The fourth-order valence-corrected chi connectivity index (χ4v) is 2.93. The summed E-state index contributed by atoms with van der Waals surface area (Å²) in [6.45, 7) is 1.71. The minimum atomic E-state index is -0.885. The van der Waals surface area contributed by atoms with Gasteiger partial charge in [-0.15, -0.1) is 12.4 Å². The maximum Gasteiger partial charge on any atom is 0.251 e. The predicted molar refractivity (Wildman–Crippen MR) is 84.8 cm³/mol. The van der Waals surface area contributed by atoms with E-state index in [0.717, 1.165) is 18.5 Å². The van der Waals surface area contributed by atoms with Crippen molar-refractivity contribution >= 4 is 29.1 Å². The van der Waals surface area contributed by atoms with Gasteiger partial charge in [0.15, 0.2) is 0 Å². The number of halogens is 1. The lowest BCUT2D eigenvalue weighted by molar-refractivity contribution is 0.0950. The zero-order valence-electron chi connectivity index (χ0n) is 11.6. The number of hydrogen-bond acceptors (Lipinski definition) is 3. The van der Waals surface area contributed by atoms with Crippen LogP contribution < -0.4 is 10.6 Å². The highest BCUT2D eigenvalue weighted by molar-refractivity contribution is 7.83. The molecule has 0 bridgehead atoms. The number of carbonyl (C=O) groups excluding carboxylic acids is 1. The molecule has 2 atom stereocenters. The van der Waals surface area contributed by atoms with E-state index in [0.29, 0.717) is 23.9 Å². The summed E-state index contributed by atoms with van der Waals surface area (Å²) in [5, 5.41) is 6.29. The summed E-state index contributed by atoms with van der Waals surface area (Å²) in [6, 6.07) is 7.75. The van der Waals surface area contributed by atoms with Gasteiger partial charge in [0.2, 0.25) is 0 Å². The Morgan fingerprint density at radius 1 is 1.50 bits per heavy atom. The van der Waals surface area contributed by atoms with Crippen LogP contribution >= 0.6 is 12.4 Å². The number of nitrogens with one attached hydrogen (secondary N) is 2. The van der Waals surface area contributed by atoms with Crippen LogP contribution in [-0.2, 0) is 16.6 Å². The normalized spacial score (nSPS) is 19.1. The first-order valence-electron chi connectivity index (χ1n) is 6.55. The number of benzene rings is 1. The van der Waals surface area contributed by atoms with E-state index in [1.165, 1.54) is 6.42 Å². The van der Waals surface area contributed by atoms with Crippen LogP contribution in [0, 0.1) is 0 Å². The molecule has 0 aromatic heterocycles. The molecule has 20 heavy (non-hydrogen) atoms. The predicted octanol–water partition coefficient (Wildman–Crippen LogP) is 1.47. The Labute approximate surface area is 128 Å². The molecule has 4 nitrogen and oxygen atoms in total. The summed E-state index contributed by atoms with van der Waals surface area (Å²) < 4.78 is 11.2. The van der Waals surface area contributed by atoms with Gasteiger partial charge in [0.1, 0.15) is 0 Å².